The predicted octanol–water partition coefficient (Wildman–Crippen LogP) is 1.76. The van der Waals surface area contributed by atoms with Crippen LogP contribution in [0, 0.1) is 10.1 Å². The first kappa shape index (κ1) is 17.0. The minimum Gasteiger partial charge on any atom is -0.425 e. The van der Waals surface area contributed by atoms with Crippen LogP contribution in [0.25, 0.3) is 0 Å². The average molecular weight is 312 g/mol. The summed E-state index contributed by atoms with van der Waals surface area (Å²) in [5.74, 6) is -0.0136. The topological polar surface area (TPSA) is 98.5 Å². The maximum atomic E-state index is 12.0. The third-order valence-corrected chi connectivity index (χ3v) is 3.18. The van der Waals surface area contributed by atoms with Crippen molar-refractivity contribution in [3.63, 3.8) is 0 Å². The Balaban J connectivity index is 2.70. The van der Waals surface area contributed by atoms with Gasteiger partial charge in [-0.25, -0.2) is 4.79 Å². The SMILES string of the molecule is CSCC[C@H](NC(C)=O)C(=O)Oc1ccc([N+](=O)[O-])cc1. The van der Waals surface area contributed by atoms with Crippen LogP contribution < -0.4 is 10.1 Å². The zero-order valence-corrected chi connectivity index (χ0v) is 12.5. The van der Waals surface area contributed by atoms with Gasteiger partial charge in [0.05, 0.1) is 4.92 Å². The number of benzene rings is 1. The Morgan fingerprint density at radius 3 is 2.48 bits per heavy atom. The van der Waals surface area contributed by atoms with Gasteiger partial charge < -0.3 is 10.1 Å². The van der Waals surface area contributed by atoms with Crippen LogP contribution in [0.3, 0.4) is 0 Å². The van der Waals surface area contributed by atoms with Gasteiger partial charge in [-0.3, -0.25) is 14.9 Å². The molecule has 21 heavy (non-hydrogen) atoms. The molecule has 0 saturated heterocycles. The molecule has 0 spiro atoms. The third kappa shape index (κ3) is 5.82. The Kier molecular flexibility index (Phi) is 6.67. The number of nitro groups is 1. The molecule has 0 radical (unpaired) electrons. The van der Waals surface area contributed by atoms with Crippen LogP contribution in [0.2, 0.25) is 0 Å². The molecule has 0 unspecified atom stereocenters. The second-order valence-electron chi connectivity index (χ2n) is 4.21. The van der Waals surface area contributed by atoms with E-state index in [0.29, 0.717) is 12.2 Å². The fraction of sp³-hybridized carbons (Fsp3) is 0.385. The molecule has 0 fully saturated rings. The van der Waals surface area contributed by atoms with Crippen molar-refractivity contribution in [3.8, 4) is 5.75 Å². The van der Waals surface area contributed by atoms with E-state index in [1.54, 1.807) is 11.8 Å². The minimum absolute atomic E-state index is 0.0874. The first-order valence-electron chi connectivity index (χ1n) is 6.16. The lowest BCUT2D eigenvalue weighted by Gasteiger charge is -2.16. The van der Waals surface area contributed by atoms with Gasteiger partial charge in [-0.2, -0.15) is 11.8 Å². The number of non-ortho nitro benzene ring substituents is 1. The number of thioether (sulfide) groups is 1. The van der Waals surface area contributed by atoms with Crippen LogP contribution in [0.4, 0.5) is 5.69 Å². The van der Waals surface area contributed by atoms with Crippen LogP contribution >= 0.6 is 11.8 Å². The van der Waals surface area contributed by atoms with E-state index in [9.17, 15) is 19.7 Å². The number of nitrogens with zero attached hydrogens (tertiary/aromatic N) is 1. The quantitative estimate of drug-likeness (QED) is 0.356. The van der Waals surface area contributed by atoms with Crippen molar-refractivity contribution in [3.05, 3.63) is 34.4 Å². The zero-order chi connectivity index (χ0) is 15.8. The van der Waals surface area contributed by atoms with E-state index in [1.807, 2.05) is 6.26 Å². The first-order chi connectivity index (χ1) is 9.93. The van der Waals surface area contributed by atoms with Gasteiger partial charge in [-0.05, 0) is 30.6 Å². The molecule has 0 aliphatic carbocycles. The summed E-state index contributed by atoms with van der Waals surface area (Å²) in [5, 5.41) is 13.1. The molecule has 0 aliphatic rings. The highest BCUT2D eigenvalue weighted by Crippen LogP contribution is 2.18. The zero-order valence-electron chi connectivity index (χ0n) is 11.7. The van der Waals surface area contributed by atoms with Crippen molar-refractivity contribution < 1.29 is 19.2 Å². The lowest BCUT2D eigenvalue weighted by Crippen LogP contribution is -2.42. The van der Waals surface area contributed by atoms with Crippen molar-refractivity contribution in [2.75, 3.05) is 12.0 Å². The predicted molar refractivity (Wildman–Crippen MR) is 79.3 cm³/mol. The third-order valence-electron chi connectivity index (χ3n) is 2.54. The van der Waals surface area contributed by atoms with Gasteiger partial charge in [0.15, 0.2) is 0 Å². The molecular formula is C13H16N2O5S. The van der Waals surface area contributed by atoms with E-state index in [4.69, 9.17) is 4.74 Å². The van der Waals surface area contributed by atoms with E-state index in [1.165, 1.54) is 31.2 Å². The highest BCUT2D eigenvalue weighted by Gasteiger charge is 2.21. The lowest BCUT2D eigenvalue weighted by atomic mass is 10.2. The number of amides is 1. The molecule has 7 nitrogen and oxygen atoms in total. The molecule has 1 aromatic rings. The molecule has 1 aromatic carbocycles. The van der Waals surface area contributed by atoms with E-state index in [2.05, 4.69) is 5.32 Å². The summed E-state index contributed by atoms with van der Waals surface area (Å²) in [7, 11) is 0. The number of nitrogens with one attached hydrogen (secondary N) is 1. The molecule has 1 N–H and O–H groups in total. The number of esters is 1. The van der Waals surface area contributed by atoms with Gasteiger partial charge in [-0.15, -0.1) is 0 Å². The Bertz CT molecular complexity index is 518. The normalized spacial score (nSPS) is 11.5. The standard InChI is InChI=1S/C13H16N2O5S/c1-9(16)14-12(7-8-21-2)13(17)20-11-5-3-10(4-6-11)15(18)19/h3-6,12H,7-8H2,1-2H3,(H,14,16)/t12-/m0/s1. The monoisotopic (exact) mass is 312 g/mol. The summed E-state index contributed by atoms with van der Waals surface area (Å²) in [4.78, 5) is 33.1. The molecule has 1 rings (SSSR count). The van der Waals surface area contributed by atoms with Crippen molar-refractivity contribution >= 4 is 29.3 Å². The van der Waals surface area contributed by atoms with Gasteiger partial charge in [0.1, 0.15) is 11.8 Å². The molecule has 0 saturated carbocycles. The van der Waals surface area contributed by atoms with Crippen LogP contribution in [0.1, 0.15) is 13.3 Å². The maximum absolute atomic E-state index is 12.0. The summed E-state index contributed by atoms with van der Waals surface area (Å²) in [6, 6.07) is 4.45. The summed E-state index contributed by atoms with van der Waals surface area (Å²) in [5.41, 5.74) is -0.0874. The Morgan fingerprint density at radius 1 is 1.38 bits per heavy atom. The summed E-state index contributed by atoms with van der Waals surface area (Å²) < 4.78 is 5.12. The number of carbonyl (C=O) groups is 2. The first-order valence-corrected chi connectivity index (χ1v) is 7.55. The summed E-state index contributed by atoms with van der Waals surface area (Å²) >= 11 is 1.55. The van der Waals surface area contributed by atoms with Crippen LogP contribution in [0.15, 0.2) is 24.3 Å². The molecular weight excluding hydrogens is 296 g/mol. The van der Waals surface area contributed by atoms with Crippen LogP contribution in [-0.2, 0) is 9.59 Å². The van der Waals surface area contributed by atoms with E-state index < -0.39 is 16.9 Å². The number of ether oxygens (including phenoxy) is 1. The van der Waals surface area contributed by atoms with Crippen LogP contribution in [-0.4, -0.2) is 34.9 Å². The van der Waals surface area contributed by atoms with Gasteiger partial charge in [0.25, 0.3) is 5.69 Å². The molecule has 0 aliphatic heterocycles. The van der Waals surface area contributed by atoms with Gasteiger partial charge >= 0.3 is 5.97 Å². The second-order valence-corrected chi connectivity index (χ2v) is 5.19. The number of hydrogen-bond acceptors (Lipinski definition) is 6. The van der Waals surface area contributed by atoms with Gasteiger partial charge in [-0.1, -0.05) is 0 Å². The fourth-order valence-electron chi connectivity index (χ4n) is 1.55. The van der Waals surface area contributed by atoms with Crippen LogP contribution in [0.5, 0.6) is 5.75 Å². The average Bonchev–Trinajstić information content (AvgIpc) is 2.43. The van der Waals surface area contributed by atoms with Crippen molar-refractivity contribution in [1.82, 2.24) is 5.32 Å². The van der Waals surface area contributed by atoms with Gasteiger partial charge in [0, 0.05) is 19.1 Å². The maximum Gasteiger partial charge on any atom is 0.334 e. The van der Waals surface area contributed by atoms with Gasteiger partial charge in [0.2, 0.25) is 5.91 Å². The highest BCUT2D eigenvalue weighted by molar-refractivity contribution is 7.98. The number of hydrogen-bond donors (Lipinski definition) is 1. The van der Waals surface area contributed by atoms with Crippen molar-refractivity contribution in [2.24, 2.45) is 0 Å². The molecule has 0 aromatic heterocycles. The Labute approximate surface area is 126 Å². The second kappa shape index (κ2) is 8.25. The largest absolute Gasteiger partial charge is 0.425 e. The summed E-state index contributed by atoms with van der Waals surface area (Å²) in [6.45, 7) is 1.32. The van der Waals surface area contributed by atoms with Crippen molar-refractivity contribution in [1.29, 1.82) is 0 Å². The minimum atomic E-state index is -0.731. The molecule has 8 heteroatoms. The summed E-state index contributed by atoms with van der Waals surface area (Å²) in [6.07, 6.45) is 2.35. The van der Waals surface area contributed by atoms with E-state index in [-0.39, 0.29) is 17.3 Å². The lowest BCUT2D eigenvalue weighted by molar-refractivity contribution is -0.384. The number of carbonyl (C=O) groups excluding carboxylic acids is 2. The molecule has 1 atom stereocenters. The van der Waals surface area contributed by atoms with Crippen molar-refractivity contribution in [2.45, 2.75) is 19.4 Å². The fourth-order valence-corrected chi connectivity index (χ4v) is 2.02. The smallest absolute Gasteiger partial charge is 0.334 e. The molecule has 1 amide bonds. The van der Waals surface area contributed by atoms with E-state index >= 15 is 0 Å². The molecule has 0 bridgehead atoms. The number of rotatable bonds is 7. The Hall–Kier alpha value is -2.09. The highest BCUT2D eigenvalue weighted by atomic mass is 32.2. The van der Waals surface area contributed by atoms with E-state index in [0.717, 1.165) is 0 Å². The Morgan fingerprint density at radius 2 is 2.00 bits per heavy atom. The molecule has 114 valence electrons. The molecule has 0 heterocycles. The number of nitro benzene ring substituents is 1.